The Morgan fingerprint density at radius 1 is 1.00 bits per heavy atom. The number of aromatic nitrogens is 1. The van der Waals surface area contributed by atoms with Gasteiger partial charge in [0.25, 0.3) is 5.91 Å². The highest BCUT2D eigenvalue weighted by Gasteiger charge is 2.30. The molecule has 3 amide bonds. The Morgan fingerprint density at radius 3 is 2.19 bits per heavy atom. The van der Waals surface area contributed by atoms with Gasteiger partial charge in [-0.1, -0.05) is 11.3 Å². The lowest BCUT2D eigenvalue weighted by Crippen LogP contribution is -2.33. The van der Waals surface area contributed by atoms with Crippen LogP contribution in [0.15, 0.2) is 36.4 Å². The Hall–Kier alpha value is -3.21. The zero-order valence-corrected chi connectivity index (χ0v) is 22.3. The van der Waals surface area contributed by atoms with E-state index in [-0.39, 0.29) is 43.0 Å². The van der Waals surface area contributed by atoms with E-state index in [0.29, 0.717) is 34.4 Å². The van der Waals surface area contributed by atoms with Crippen molar-refractivity contribution in [1.29, 1.82) is 0 Å². The van der Waals surface area contributed by atoms with Gasteiger partial charge in [-0.25, -0.2) is 4.98 Å². The topological polar surface area (TPSA) is 92.3 Å². The first-order valence-corrected chi connectivity index (χ1v) is 12.1. The number of nitrogens with zero attached hydrogens (tertiary/aromatic N) is 4. The van der Waals surface area contributed by atoms with Crippen molar-refractivity contribution in [3.8, 4) is 11.5 Å². The molecule has 36 heavy (non-hydrogen) atoms. The molecule has 0 aliphatic carbocycles. The Balaban J connectivity index is 0.00000361. The summed E-state index contributed by atoms with van der Waals surface area (Å²) in [5.41, 5.74) is 1.65. The SMILES string of the molecule is COc1cc2nc(N(CCCN(C)C)C(=O)c3ccc(N4C(=O)CCC4=O)cc3)sc2cc1OC.Cl. The number of benzene rings is 2. The number of carbonyl (C=O) groups is 3. The minimum absolute atomic E-state index is 0. The van der Waals surface area contributed by atoms with Crippen LogP contribution in [-0.2, 0) is 9.59 Å². The van der Waals surface area contributed by atoms with Gasteiger partial charge in [-0.2, -0.15) is 0 Å². The van der Waals surface area contributed by atoms with Gasteiger partial charge in [-0.3, -0.25) is 24.2 Å². The van der Waals surface area contributed by atoms with Crippen LogP contribution in [-0.4, -0.2) is 69.0 Å². The number of fused-ring (bicyclic) bond motifs is 1. The maximum atomic E-state index is 13.6. The van der Waals surface area contributed by atoms with Crippen LogP contribution in [0.4, 0.5) is 10.8 Å². The van der Waals surface area contributed by atoms with Crippen LogP contribution < -0.4 is 19.3 Å². The third-order valence-corrected chi connectivity index (χ3v) is 6.81. The molecule has 0 saturated carbocycles. The van der Waals surface area contributed by atoms with E-state index in [9.17, 15) is 14.4 Å². The summed E-state index contributed by atoms with van der Waals surface area (Å²) in [4.78, 5) is 47.3. The molecule has 0 bridgehead atoms. The van der Waals surface area contributed by atoms with Gasteiger partial charge in [0.05, 0.1) is 30.1 Å². The van der Waals surface area contributed by atoms with Gasteiger partial charge in [0.1, 0.15) is 0 Å². The number of ether oxygens (including phenoxy) is 2. The van der Waals surface area contributed by atoms with Crippen molar-refractivity contribution < 1.29 is 23.9 Å². The molecule has 2 aromatic carbocycles. The van der Waals surface area contributed by atoms with Crippen molar-refractivity contribution in [2.24, 2.45) is 0 Å². The van der Waals surface area contributed by atoms with Gasteiger partial charge in [0.15, 0.2) is 16.6 Å². The number of methoxy groups -OCH3 is 2. The van der Waals surface area contributed by atoms with Crippen molar-refractivity contribution in [3.63, 3.8) is 0 Å². The van der Waals surface area contributed by atoms with Gasteiger partial charge in [0.2, 0.25) is 11.8 Å². The lowest BCUT2D eigenvalue weighted by atomic mass is 10.1. The number of carbonyl (C=O) groups excluding carboxylic acids is 3. The van der Waals surface area contributed by atoms with E-state index in [0.717, 1.165) is 23.2 Å². The standard InChI is InChI=1S/C25H28N4O5S.ClH/c1-27(2)12-5-13-28(25-26-18-14-19(33-3)20(34-4)15-21(18)35-25)24(32)16-6-8-17(9-7-16)29-22(30)10-11-23(29)31;/h6-9,14-15H,5,10-13H2,1-4H3;1H. The Labute approximate surface area is 220 Å². The number of anilines is 2. The lowest BCUT2D eigenvalue weighted by Gasteiger charge is -2.21. The zero-order chi connectivity index (χ0) is 25.1. The number of rotatable bonds is 9. The first-order valence-electron chi connectivity index (χ1n) is 11.3. The third-order valence-electron chi connectivity index (χ3n) is 5.77. The maximum Gasteiger partial charge on any atom is 0.260 e. The molecule has 0 unspecified atom stereocenters. The number of hydrogen-bond acceptors (Lipinski definition) is 8. The molecule has 0 N–H and O–H groups in total. The summed E-state index contributed by atoms with van der Waals surface area (Å²) in [5, 5.41) is 0.577. The monoisotopic (exact) mass is 532 g/mol. The Kier molecular flexibility index (Phi) is 8.89. The van der Waals surface area contributed by atoms with Gasteiger partial charge in [0, 0.05) is 37.1 Å². The quantitative estimate of drug-likeness (QED) is 0.385. The van der Waals surface area contributed by atoms with Crippen molar-refractivity contribution in [1.82, 2.24) is 9.88 Å². The van der Waals surface area contributed by atoms with Crippen molar-refractivity contribution in [2.75, 3.05) is 51.2 Å². The normalized spacial score (nSPS) is 13.3. The van der Waals surface area contributed by atoms with Crippen LogP contribution in [0, 0.1) is 0 Å². The molecular weight excluding hydrogens is 504 g/mol. The zero-order valence-electron chi connectivity index (χ0n) is 20.6. The Bertz CT molecular complexity index is 1200. The van der Waals surface area contributed by atoms with E-state index >= 15 is 0 Å². The summed E-state index contributed by atoms with van der Waals surface area (Å²) in [6.45, 7) is 1.30. The predicted molar refractivity (Wildman–Crippen MR) is 143 cm³/mol. The number of amides is 3. The average molecular weight is 533 g/mol. The molecule has 0 atom stereocenters. The minimum atomic E-state index is -0.222. The highest BCUT2D eigenvalue weighted by Crippen LogP contribution is 2.37. The number of halogens is 1. The molecule has 1 aliphatic rings. The largest absolute Gasteiger partial charge is 0.493 e. The van der Waals surface area contributed by atoms with Crippen molar-refractivity contribution >= 4 is 62.5 Å². The first kappa shape index (κ1) is 27.4. The molecule has 2 heterocycles. The van der Waals surface area contributed by atoms with E-state index < -0.39 is 0 Å². The fraction of sp³-hybridized carbons (Fsp3) is 0.360. The van der Waals surface area contributed by atoms with Crippen LogP contribution in [0.3, 0.4) is 0 Å². The third kappa shape index (κ3) is 5.61. The summed E-state index contributed by atoms with van der Waals surface area (Å²) in [7, 11) is 7.13. The summed E-state index contributed by atoms with van der Waals surface area (Å²) in [6.07, 6.45) is 1.19. The predicted octanol–water partition coefficient (Wildman–Crippen LogP) is 3.99. The van der Waals surface area contributed by atoms with E-state index in [2.05, 4.69) is 4.90 Å². The van der Waals surface area contributed by atoms with Crippen molar-refractivity contribution in [3.05, 3.63) is 42.0 Å². The molecule has 0 spiro atoms. The van der Waals surface area contributed by atoms with Gasteiger partial charge < -0.3 is 14.4 Å². The molecule has 9 nitrogen and oxygen atoms in total. The molecule has 1 fully saturated rings. The minimum Gasteiger partial charge on any atom is -0.493 e. The smallest absolute Gasteiger partial charge is 0.260 e. The van der Waals surface area contributed by atoms with E-state index in [1.807, 2.05) is 20.2 Å². The fourth-order valence-corrected chi connectivity index (χ4v) is 4.96. The number of imide groups is 1. The second kappa shape index (κ2) is 11.7. The number of thiazole rings is 1. The summed E-state index contributed by atoms with van der Waals surface area (Å²) >= 11 is 1.41. The van der Waals surface area contributed by atoms with Crippen LogP contribution in [0.1, 0.15) is 29.6 Å². The molecule has 0 radical (unpaired) electrons. The second-order valence-electron chi connectivity index (χ2n) is 8.45. The first-order chi connectivity index (χ1) is 16.8. The molecule has 4 rings (SSSR count). The molecular formula is C25H29ClN4O5S. The van der Waals surface area contributed by atoms with Crippen LogP contribution >= 0.6 is 23.7 Å². The average Bonchev–Trinajstić information content (AvgIpc) is 3.42. The van der Waals surface area contributed by atoms with Crippen LogP contribution in [0.2, 0.25) is 0 Å². The summed E-state index contributed by atoms with van der Waals surface area (Å²) in [5.74, 6) is 0.526. The molecule has 1 aromatic heterocycles. The van der Waals surface area contributed by atoms with Gasteiger partial charge >= 0.3 is 0 Å². The van der Waals surface area contributed by atoms with Crippen molar-refractivity contribution in [2.45, 2.75) is 19.3 Å². The Morgan fingerprint density at radius 2 is 1.61 bits per heavy atom. The van der Waals surface area contributed by atoms with Crippen LogP contribution in [0.5, 0.6) is 11.5 Å². The van der Waals surface area contributed by atoms with E-state index in [1.165, 1.54) is 16.2 Å². The molecule has 1 saturated heterocycles. The number of hydrogen-bond donors (Lipinski definition) is 0. The maximum absolute atomic E-state index is 13.6. The van der Waals surface area contributed by atoms with Gasteiger partial charge in [-0.05, 0) is 51.3 Å². The van der Waals surface area contributed by atoms with Crippen LogP contribution in [0.25, 0.3) is 10.2 Å². The fourth-order valence-electron chi connectivity index (χ4n) is 3.96. The highest BCUT2D eigenvalue weighted by atomic mass is 35.5. The summed E-state index contributed by atoms with van der Waals surface area (Å²) < 4.78 is 11.7. The highest BCUT2D eigenvalue weighted by molar-refractivity contribution is 7.22. The summed E-state index contributed by atoms with van der Waals surface area (Å²) in [6, 6.07) is 10.2. The van der Waals surface area contributed by atoms with Gasteiger partial charge in [-0.15, -0.1) is 12.4 Å². The van der Waals surface area contributed by atoms with E-state index in [1.54, 1.807) is 49.5 Å². The lowest BCUT2D eigenvalue weighted by molar-refractivity contribution is -0.121. The molecule has 3 aromatic rings. The molecule has 11 heteroatoms. The second-order valence-corrected chi connectivity index (χ2v) is 9.46. The van der Waals surface area contributed by atoms with E-state index in [4.69, 9.17) is 14.5 Å². The molecule has 1 aliphatic heterocycles. The molecule has 192 valence electrons.